The molecule has 0 amide bonds. The van der Waals surface area contributed by atoms with Crippen LogP contribution in [0.5, 0.6) is 11.5 Å². The Bertz CT molecular complexity index is 514. The summed E-state index contributed by atoms with van der Waals surface area (Å²) in [6.45, 7) is 1.05. The molecule has 2 aromatic rings. The predicted molar refractivity (Wildman–Crippen MR) is 64.1 cm³/mol. The number of benzene rings is 1. The third-order valence-electron chi connectivity index (χ3n) is 2.60. The van der Waals surface area contributed by atoms with Gasteiger partial charge in [0.25, 0.3) is 0 Å². The molecule has 0 spiro atoms. The number of rotatable bonds is 3. The monoisotopic (exact) mass is 228 g/mol. The van der Waals surface area contributed by atoms with Gasteiger partial charge in [0, 0.05) is 18.9 Å². The van der Waals surface area contributed by atoms with Gasteiger partial charge in [-0.2, -0.15) is 0 Å². The maximum absolute atomic E-state index is 5.33. The summed E-state index contributed by atoms with van der Waals surface area (Å²) in [4.78, 5) is 4.05. The first-order chi connectivity index (χ1) is 8.42. The maximum atomic E-state index is 5.33. The topological polar surface area (TPSA) is 43.4 Å². The molecular formula is C13H12N2O2. The number of nitrogens with one attached hydrogen (secondary N) is 1. The molecule has 3 rings (SSSR count). The third kappa shape index (κ3) is 2.15. The Balaban J connectivity index is 1.70. The van der Waals surface area contributed by atoms with Crippen molar-refractivity contribution in [2.75, 3.05) is 12.1 Å². The standard InChI is InChI=1S/C13H12N2O2/c1-2-11(8-14-5-1)15-7-10-3-4-12-13(6-10)17-9-16-12/h1-6,8,15H,7,9H2. The van der Waals surface area contributed by atoms with Crippen LogP contribution in [0.4, 0.5) is 5.69 Å². The summed E-state index contributed by atoms with van der Waals surface area (Å²) in [5.74, 6) is 1.63. The van der Waals surface area contributed by atoms with Gasteiger partial charge in [0.15, 0.2) is 11.5 Å². The molecular weight excluding hydrogens is 216 g/mol. The van der Waals surface area contributed by atoms with E-state index in [1.807, 2.05) is 30.3 Å². The Kier molecular flexibility index (Phi) is 2.54. The molecule has 17 heavy (non-hydrogen) atoms. The van der Waals surface area contributed by atoms with E-state index >= 15 is 0 Å². The molecule has 0 saturated carbocycles. The average molecular weight is 228 g/mol. The normalized spacial score (nSPS) is 12.5. The van der Waals surface area contributed by atoms with Crippen molar-refractivity contribution in [3.63, 3.8) is 0 Å². The van der Waals surface area contributed by atoms with Gasteiger partial charge in [-0.3, -0.25) is 4.98 Å². The minimum Gasteiger partial charge on any atom is -0.454 e. The summed E-state index contributed by atoms with van der Waals surface area (Å²) in [5.41, 5.74) is 2.16. The van der Waals surface area contributed by atoms with E-state index in [0.29, 0.717) is 6.79 Å². The molecule has 1 aromatic carbocycles. The third-order valence-corrected chi connectivity index (χ3v) is 2.60. The Hall–Kier alpha value is -2.23. The molecule has 0 atom stereocenters. The quantitative estimate of drug-likeness (QED) is 0.876. The Morgan fingerprint density at radius 2 is 2.12 bits per heavy atom. The molecule has 1 aromatic heterocycles. The zero-order chi connectivity index (χ0) is 11.5. The molecule has 0 bridgehead atoms. The van der Waals surface area contributed by atoms with Crippen LogP contribution in [0.25, 0.3) is 0 Å². The second kappa shape index (κ2) is 4.33. The lowest BCUT2D eigenvalue weighted by Crippen LogP contribution is -1.99. The van der Waals surface area contributed by atoms with Gasteiger partial charge in [0.2, 0.25) is 6.79 Å². The van der Waals surface area contributed by atoms with Gasteiger partial charge in [-0.05, 0) is 29.8 Å². The van der Waals surface area contributed by atoms with E-state index in [-0.39, 0.29) is 0 Å². The minimum atomic E-state index is 0.314. The highest BCUT2D eigenvalue weighted by molar-refractivity contribution is 5.46. The predicted octanol–water partition coefficient (Wildman–Crippen LogP) is 2.42. The molecule has 2 heterocycles. The zero-order valence-electron chi connectivity index (χ0n) is 9.22. The number of hydrogen-bond donors (Lipinski definition) is 1. The number of hydrogen-bond acceptors (Lipinski definition) is 4. The summed E-state index contributed by atoms with van der Waals surface area (Å²) < 4.78 is 10.6. The molecule has 0 saturated heterocycles. The van der Waals surface area contributed by atoms with Gasteiger partial charge in [0.1, 0.15) is 0 Å². The van der Waals surface area contributed by atoms with Crippen LogP contribution in [-0.4, -0.2) is 11.8 Å². The Morgan fingerprint density at radius 3 is 3.00 bits per heavy atom. The van der Waals surface area contributed by atoms with Crippen LogP contribution in [0.3, 0.4) is 0 Å². The van der Waals surface area contributed by atoms with Crippen molar-refractivity contribution in [1.29, 1.82) is 0 Å². The number of ether oxygens (including phenoxy) is 2. The molecule has 1 N–H and O–H groups in total. The van der Waals surface area contributed by atoms with E-state index in [1.165, 1.54) is 0 Å². The van der Waals surface area contributed by atoms with Gasteiger partial charge >= 0.3 is 0 Å². The molecule has 4 nitrogen and oxygen atoms in total. The van der Waals surface area contributed by atoms with Crippen molar-refractivity contribution in [3.05, 3.63) is 48.3 Å². The molecule has 0 radical (unpaired) electrons. The smallest absolute Gasteiger partial charge is 0.231 e. The van der Waals surface area contributed by atoms with E-state index in [0.717, 1.165) is 29.3 Å². The number of aromatic nitrogens is 1. The second-order valence-corrected chi connectivity index (χ2v) is 3.78. The van der Waals surface area contributed by atoms with E-state index in [4.69, 9.17) is 9.47 Å². The van der Waals surface area contributed by atoms with Crippen molar-refractivity contribution in [3.8, 4) is 11.5 Å². The fourth-order valence-corrected chi connectivity index (χ4v) is 1.72. The molecule has 0 unspecified atom stereocenters. The molecule has 86 valence electrons. The Labute approximate surface area is 99.2 Å². The highest BCUT2D eigenvalue weighted by Gasteiger charge is 2.12. The van der Waals surface area contributed by atoms with Crippen molar-refractivity contribution < 1.29 is 9.47 Å². The molecule has 1 aliphatic heterocycles. The molecule has 0 fully saturated rings. The maximum Gasteiger partial charge on any atom is 0.231 e. The lowest BCUT2D eigenvalue weighted by atomic mass is 10.2. The van der Waals surface area contributed by atoms with Crippen LogP contribution >= 0.6 is 0 Å². The van der Waals surface area contributed by atoms with Crippen molar-refractivity contribution in [2.24, 2.45) is 0 Å². The highest BCUT2D eigenvalue weighted by Crippen LogP contribution is 2.32. The summed E-state index contributed by atoms with van der Waals surface area (Å²) in [5, 5.41) is 3.29. The van der Waals surface area contributed by atoms with E-state index in [1.54, 1.807) is 12.4 Å². The van der Waals surface area contributed by atoms with E-state index < -0.39 is 0 Å². The van der Waals surface area contributed by atoms with E-state index in [2.05, 4.69) is 10.3 Å². The number of anilines is 1. The van der Waals surface area contributed by atoms with Gasteiger partial charge in [-0.25, -0.2) is 0 Å². The van der Waals surface area contributed by atoms with Crippen LogP contribution in [0, 0.1) is 0 Å². The van der Waals surface area contributed by atoms with Crippen LogP contribution in [-0.2, 0) is 6.54 Å². The molecule has 4 heteroatoms. The lowest BCUT2D eigenvalue weighted by molar-refractivity contribution is 0.174. The van der Waals surface area contributed by atoms with Crippen molar-refractivity contribution in [1.82, 2.24) is 4.98 Å². The molecule has 0 aliphatic carbocycles. The van der Waals surface area contributed by atoms with Gasteiger partial charge in [-0.15, -0.1) is 0 Å². The van der Waals surface area contributed by atoms with E-state index in [9.17, 15) is 0 Å². The highest BCUT2D eigenvalue weighted by atomic mass is 16.7. The second-order valence-electron chi connectivity index (χ2n) is 3.78. The van der Waals surface area contributed by atoms with Crippen molar-refractivity contribution >= 4 is 5.69 Å². The number of pyridine rings is 1. The zero-order valence-corrected chi connectivity index (χ0v) is 9.22. The number of fused-ring (bicyclic) bond motifs is 1. The summed E-state index contributed by atoms with van der Waals surface area (Å²) >= 11 is 0. The first-order valence-electron chi connectivity index (χ1n) is 5.44. The number of nitrogens with zero attached hydrogens (tertiary/aromatic N) is 1. The first kappa shape index (κ1) is 9.96. The Morgan fingerprint density at radius 1 is 1.18 bits per heavy atom. The van der Waals surface area contributed by atoms with Gasteiger partial charge < -0.3 is 14.8 Å². The summed E-state index contributed by atoms with van der Waals surface area (Å²) in [6.07, 6.45) is 3.55. The SMILES string of the molecule is c1cncc(NCc2ccc3c(c2)OCO3)c1. The van der Waals surface area contributed by atoms with Crippen LogP contribution in [0.2, 0.25) is 0 Å². The summed E-state index contributed by atoms with van der Waals surface area (Å²) in [7, 11) is 0. The largest absolute Gasteiger partial charge is 0.454 e. The fourth-order valence-electron chi connectivity index (χ4n) is 1.72. The minimum absolute atomic E-state index is 0.314. The van der Waals surface area contributed by atoms with Crippen LogP contribution < -0.4 is 14.8 Å². The lowest BCUT2D eigenvalue weighted by Gasteiger charge is -2.06. The summed E-state index contributed by atoms with van der Waals surface area (Å²) in [6, 6.07) is 9.84. The van der Waals surface area contributed by atoms with Crippen molar-refractivity contribution in [2.45, 2.75) is 6.54 Å². The average Bonchev–Trinajstić information content (AvgIpc) is 2.85. The fraction of sp³-hybridized carbons (Fsp3) is 0.154. The first-order valence-corrected chi connectivity index (χ1v) is 5.44. The van der Waals surface area contributed by atoms with Gasteiger partial charge in [0.05, 0.1) is 5.69 Å². The molecule has 1 aliphatic rings. The van der Waals surface area contributed by atoms with Crippen LogP contribution in [0.1, 0.15) is 5.56 Å². The van der Waals surface area contributed by atoms with Crippen LogP contribution in [0.15, 0.2) is 42.7 Å². The van der Waals surface area contributed by atoms with Gasteiger partial charge in [-0.1, -0.05) is 6.07 Å².